The van der Waals surface area contributed by atoms with Crippen LogP contribution in [0.4, 0.5) is 0 Å². The van der Waals surface area contributed by atoms with Gasteiger partial charge in [-0.15, -0.1) is 0 Å². The molecule has 0 aromatic heterocycles. The average molecular weight is 339 g/mol. The summed E-state index contributed by atoms with van der Waals surface area (Å²) in [6, 6.07) is 0.706. The molecule has 24 heavy (non-hydrogen) atoms. The summed E-state index contributed by atoms with van der Waals surface area (Å²) in [5.41, 5.74) is 1.95. The van der Waals surface area contributed by atoms with Crippen LogP contribution in [-0.4, -0.2) is 64.2 Å². The van der Waals surface area contributed by atoms with Crippen LogP contribution < -0.4 is 9.80 Å². The van der Waals surface area contributed by atoms with Crippen LogP contribution in [0, 0.1) is 17.3 Å². The second-order valence-corrected chi connectivity index (χ2v) is 9.27. The molecule has 4 rings (SSSR count). The Morgan fingerprint density at radius 1 is 1.38 bits per heavy atom. The van der Waals surface area contributed by atoms with Crippen molar-refractivity contribution in [3.63, 3.8) is 0 Å². The number of nitrogens with one attached hydrogen (secondary N) is 2. The van der Waals surface area contributed by atoms with Crippen LogP contribution in [0.5, 0.6) is 0 Å². The molecule has 1 unspecified atom stereocenters. The van der Waals surface area contributed by atoms with Crippen LogP contribution in [0.25, 0.3) is 0 Å². The van der Waals surface area contributed by atoms with Crippen molar-refractivity contribution in [1.82, 2.24) is 0 Å². The Kier molecular flexibility index (Phi) is 5.70. The number of piperidine rings is 1. The molecule has 0 amide bonds. The van der Waals surface area contributed by atoms with Crippen LogP contribution in [0.3, 0.4) is 0 Å². The Labute approximate surface area is 147 Å². The third-order valence-corrected chi connectivity index (χ3v) is 7.26. The first-order chi connectivity index (χ1) is 11.4. The topological polar surface area (TPSA) is 38.3 Å². The fourth-order valence-corrected chi connectivity index (χ4v) is 5.15. The van der Waals surface area contributed by atoms with Crippen molar-refractivity contribution in [1.29, 1.82) is 0 Å². The summed E-state index contributed by atoms with van der Waals surface area (Å²) in [4.78, 5) is 3.11. The van der Waals surface area contributed by atoms with E-state index in [9.17, 15) is 5.11 Å². The summed E-state index contributed by atoms with van der Waals surface area (Å²) in [5.74, 6) is 1.59. The number of aliphatic hydroxyl groups excluding tert-OH is 1. The first-order valence-corrected chi connectivity index (χ1v) is 9.96. The first-order valence-electron chi connectivity index (χ1n) is 9.96. The molecule has 0 aromatic carbocycles. The molecule has 0 radical (unpaired) electrons. The van der Waals surface area contributed by atoms with E-state index in [1.165, 1.54) is 49.2 Å². The van der Waals surface area contributed by atoms with Gasteiger partial charge in [0, 0.05) is 12.8 Å². The Balaban J connectivity index is 1.35. The molecule has 3 aliphatic carbocycles. The number of ether oxygens (including phenoxy) is 1. The largest absolute Gasteiger partial charge is 0.385 e. The van der Waals surface area contributed by atoms with Gasteiger partial charge in [0.15, 0.2) is 0 Å². The quantitative estimate of drug-likeness (QED) is 0.550. The molecular formula is C20H38N2O2+2. The van der Waals surface area contributed by atoms with Crippen molar-refractivity contribution >= 4 is 0 Å². The lowest BCUT2D eigenvalue weighted by molar-refractivity contribution is -0.941. The number of likely N-dealkylation sites (tertiary alicyclic amines) is 1. The number of fused-ring (bicyclic) bond motifs is 1. The van der Waals surface area contributed by atoms with E-state index in [4.69, 9.17) is 4.74 Å². The van der Waals surface area contributed by atoms with Crippen LogP contribution >= 0.6 is 0 Å². The molecule has 2 fully saturated rings. The molecule has 4 aliphatic rings. The third-order valence-electron chi connectivity index (χ3n) is 7.26. The van der Waals surface area contributed by atoms with Crippen molar-refractivity contribution in [3.05, 3.63) is 11.6 Å². The molecule has 3 N–H and O–H groups in total. The Morgan fingerprint density at radius 2 is 2.08 bits per heavy atom. The van der Waals surface area contributed by atoms with Gasteiger partial charge in [-0.05, 0) is 35.7 Å². The smallest absolute Gasteiger partial charge is 0.126 e. The van der Waals surface area contributed by atoms with Crippen molar-refractivity contribution in [3.8, 4) is 0 Å². The Bertz CT molecular complexity index is 455. The summed E-state index contributed by atoms with van der Waals surface area (Å²) < 4.78 is 5.89. The van der Waals surface area contributed by atoms with Gasteiger partial charge in [0.05, 0.1) is 46.4 Å². The predicted octanol–water partition coefficient (Wildman–Crippen LogP) is -0.452. The number of aliphatic hydroxyl groups is 1. The molecule has 1 aliphatic heterocycles. The first kappa shape index (κ1) is 18.4. The maximum Gasteiger partial charge on any atom is 0.126 e. The fraction of sp³-hybridized carbons (Fsp3) is 0.900. The van der Waals surface area contributed by atoms with E-state index in [1.54, 1.807) is 4.90 Å². The molecule has 1 saturated heterocycles. The zero-order valence-corrected chi connectivity index (χ0v) is 16.1. The summed E-state index contributed by atoms with van der Waals surface area (Å²) in [7, 11) is 4.51. The van der Waals surface area contributed by atoms with E-state index < -0.39 is 0 Å². The van der Waals surface area contributed by atoms with Crippen molar-refractivity contribution in [2.75, 3.05) is 46.9 Å². The van der Waals surface area contributed by atoms with Gasteiger partial charge in [-0.3, -0.25) is 0 Å². The molecule has 2 bridgehead atoms. The number of rotatable bonds is 7. The van der Waals surface area contributed by atoms with E-state index in [0.717, 1.165) is 12.5 Å². The summed E-state index contributed by atoms with van der Waals surface area (Å²) >= 11 is 0. The minimum atomic E-state index is -0.344. The molecule has 4 atom stereocenters. The second kappa shape index (κ2) is 7.45. The molecule has 1 saturated carbocycles. The minimum Gasteiger partial charge on any atom is -0.385 e. The van der Waals surface area contributed by atoms with Crippen LogP contribution in [-0.2, 0) is 4.74 Å². The number of hydrogen-bond acceptors (Lipinski definition) is 2. The van der Waals surface area contributed by atoms with Gasteiger partial charge in [-0.25, -0.2) is 0 Å². The van der Waals surface area contributed by atoms with Crippen LogP contribution in [0.1, 0.15) is 39.5 Å². The van der Waals surface area contributed by atoms with E-state index in [2.05, 4.69) is 34.0 Å². The van der Waals surface area contributed by atoms with E-state index in [1.807, 2.05) is 0 Å². The molecule has 4 heteroatoms. The molecule has 138 valence electrons. The minimum absolute atomic E-state index is 0.344. The van der Waals surface area contributed by atoms with Crippen molar-refractivity contribution in [2.45, 2.75) is 51.7 Å². The predicted molar refractivity (Wildman–Crippen MR) is 96.3 cm³/mol. The van der Waals surface area contributed by atoms with Crippen molar-refractivity contribution in [2.24, 2.45) is 17.3 Å². The molecule has 4 nitrogen and oxygen atoms in total. The van der Waals surface area contributed by atoms with Crippen LogP contribution in [0.15, 0.2) is 11.6 Å². The second-order valence-electron chi connectivity index (χ2n) is 9.27. The Morgan fingerprint density at radius 3 is 2.71 bits per heavy atom. The fourth-order valence-electron chi connectivity index (χ4n) is 5.15. The van der Waals surface area contributed by atoms with Gasteiger partial charge in [0.1, 0.15) is 12.6 Å². The van der Waals surface area contributed by atoms with Gasteiger partial charge < -0.3 is 19.6 Å². The Hall–Kier alpha value is -0.420. The van der Waals surface area contributed by atoms with Gasteiger partial charge in [-0.2, -0.15) is 0 Å². The highest BCUT2D eigenvalue weighted by molar-refractivity contribution is 5.23. The third kappa shape index (κ3) is 3.87. The van der Waals surface area contributed by atoms with Crippen LogP contribution in [0.2, 0.25) is 0 Å². The van der Waals surface area contributed by atoms with E-state index in [-0.39, 0.29) is 6.10 Å². The monoisotopic (exact) mass is 338 g/mol. The van der Waals surface area contributed by atoms with Gasteiger partial charge in [0.25, 0.3) is 0 Å². The number of quaternary nitrogens is 2. The number of allylic oxidation sites excluding steroid dienone is 1. The lowest BCUT2D eigenvalue weighted by Gasteiger charge is -2.56. The lowest BCUT2D eigenvalue weighted by atomic mass is 9.49. The molecule has 0 spiro atoms. The van der Waals surface area contributed by atoms with E-state index in [0.29, 0.717) is 30.6 Å². The zero-order valence-electron chi connectivity index (χ0n) is 16.1. The highest BCUT2D eigenvalue weighted by Gasteiger charge is 2.50. The zero-order chi connectivity index (χ0) is 17.3. The highest BCUT2D eigenvalue weighted by Crippen LogP contribution is 2.59. The van der Waals surface area contributed by atoms with Gasteiger partial charge in [0.2, 0.25) is 0 Å². The van der Waals surface area contributed by atoms with E-state index >= 15 is 0 Å². The summed E-state index contributed by atoms with van der Waals surface area (Å²) in [5, 5.41) is 10.3. The molecular weight excluding hydrogens is 300 g/mol. The molecule has 0 aromatic rings. The summed E-state index contributed by atoms with van der Waals surface area (Å²) in [6.07, 6.45) is 7.16. The SMILES string of the molecule is C[NH+]1CCC([NH+](C)C[C@H](O)COCC2=CC[C@@H]3C[C@H]2C3(C)C)CC1. The highest BCUT2D eigenvalue weighted by atomic mass is 16.5. The average Bonchev–Trinajstić information content (AvgIpc) is 2.55. The number of likely N-dealkylation sites (N-methyl/N-ethyl adjacent to an activating group) is 1. The lowest BCUT2D eigenvalue weighted by Crippen LogP contribution is -3.18. The maximum absolute atomic E-state index is 10.3. The van der Waals surface area contributed by atoms with Gasteiger partial charge in [-0.1, -0.05) is 19.9 Å². The molecule has 1 heterocycles. The normalized spacial score (nSPS) is 37.3. The van der Waals surface area contributed by atoms with Crippen molar-refractivity contribution < 1.29 is 19.6 Å². The summed E-state index contributed by atoms with van der Waals surface area (Å²) in [6.45, 7) is 9.32. The standard InChI is InChI=1S/C20H36N2O2/c1-20(2)16-6-5-15(19(20)11-16)13-24-14-18(23)12-22(4)17-7-9-21(3)10-8-17/h5,16-19,23H,6-14H2,1-4H3/p+2/t16-,18+,19-/m1/s1. The maximum atomic E-state index is 10.3. The van der Waals surface area contributed by atoms with Gasteiger partial charge >= 0.3 is 0 Å². The number of hydrogen-bond donors (Lipinski definition) is 3.